The Morgan fingerprint density at radius 1 is 0.375 bits per heavy atom. The average Bonchev–Trinajstić information content (AvgIpc) is 3.19. The summed E-state index contributed by atoms with van der Waals surface area (Å²) >= 11 is 0. The lowest BCUT2D eigenvalue weighted by Crippen LogP contribution is -2.30. The molecule has 6 nitrogen and oxygen atoms in total. The van der Waals surface area contributed by atoms with Crippen molar-refractivity contribution in [3.05, 3.63) is 36.5 Å². The Labute approximate surface area is 346 Å². The fourth-order valence-electron chi connectivity index (χ4n) is 6.77. The molecule has 0 spiro atoms. The van der Waals surface area contributed by atoms with E-state index in [4.69, 9.17) is 14.2 Å². The van der Waals surface area contributed by atoms with Crippen molar-refractivity contribution < 1.29 is 28.6 Å². The van der Waals surface area contributed by atoms with E-state index in [2.05, 4.69) is 57.2 Å². The summed E-state index contributed by atoms with van der Waals surface area (Å²) in [5, 5.41) is 0. The van der Waals surface area contributed by atoms with Crippen LogP contribution in [0.3, 0.4) is 0 Å². The maximum atomic E-state index is 12.7. The van der Waals surface area contributed by atoms with E-state index in [-0.39, 0.29) is 31.1 Å². The third-order valence-electron chi connectivity index (χ3n) is 10.4. The zero-order chi connectivity index (χ0) is 40.8. The average molecular weight is 787 g/mol. The largest absolute Gasteiger partial charge is 0.462 e. The molecule has 0 saturated heterocycles. The Morgan fingerprint density at radius 3 is 1.11 bits per heavy atom. The van der Waals surface area contributed by atoms with Crippen LogP contribution in [0.1, 0.15) is 245 Å². The summed E-state index contributed by atoms with van der Waals surface area (Å²) < 4.78 is 16.7. The molecular weight excluding hydrogens is 697 g/mol. The molecule has 0 aliphatic carbocycles. The first-order valence-electron chi connectivity index (χ1n) is 24.0. The molecule has 0 aromatic carbocycles. The number of rotatable bonds is 43. The minimum atomic E-state index is -0.778. The van der Waals surface area contributed by atoms with Gasteiger partial charge in [-0.25, -0.2) is 0 Å². The highest BCUT2D eigenvalue weighted by molar-refractivity contribution is 5.71. The smallest absolute Gasteiger partial charge is 0.306 e. The molecule has 0 N–H and O–H groups in total. The number of carbonyl (C=O) groups is 3. The predicted octanol–water partition coefficient (Wildman–Crippen LogP) is 15.4. The number of unbranched alkanes of at least 4 members (excludes halogenated alkanes) is 26. The molecule has 0 rings (SSSR count). The first kappa shape index (κ1) is 53.6. The van der Waals surface area contributed by atoms with Crippen LogP contribution >= 0.6 is 0 Å². The molecule has 1 atom stereocenters. The fourth-order valence-corrected chi connectivity index (χ4v) is 6.77. The van der Waals surface area contributed by atoms with Crippen LogP contribution in [-0.2, 0) is 28.6 Å². The van der Waals surface area contributed by atoms with Crippen molar-refractivity contribution in [2.45, 2.75) is 252 Å². The van der Waals surface area contributed by atoms with Gasteiger partial charge in [0, 0.05) is 19.3 Å². The number of hydrogen-bond acceptors (Lipinski definition) is 6. The normalized spacial score (nSPS) is 12.3. The Balaban J connectivity index is 4.39. The number of esters is 3. The molecular formula is C50H90O6. The molecule has 0 amide bonds. The molecule has 56 heavy (non-hydrogen) atoms. The summed E-state index contributed by atoms with van der Waals surface area (Å²) in [5.74, 6) is -0.906. The summed E-state index contributed by atoms with van der Waals surface area (Å²) in [5.41, 5.74) is 0. The molecule has 0 aromatic heterocycles. The highest BCUT2D eigenvalue weighted by atomic mass is 16.6. The van der Waals surface area contributed by atoms with E-state index in [0.717, 1.165) is 96.3 Å². The second-order valence-corrected chi connectivity index (χ2v) is 16.0. The fraction of sp³-hybridized carbons (Fsp3) is 0.820. The van der Waals surface area contributed by atoms with Gasteiger partial charge in [-0.05, 0) is 70.6 Å². The van der Waals surface area contributed by atoms with E-state index in [1.54, 1.807) is 0 Å². The standard InChI is InChI=1S/C50H90O6/c1-4-7-10-13-16-19-22-25-28-31-34-37-40-43-49(52)55-46-47(45-54-48(51)42-39-36-33-30-27-24-21-18-15-12-9-6-3)56-50(53)44-41-38-35-32-29-26-23-20-17-14-11-8-5-2/h9,12,18,21,25,28,47H,4-8,10-11,13-17,19-20,22-24,26-27,29-46H2,1-3H3/b12-9-,21-18-,28-25-. The van der Waals surface area contributed by atoms with Crippen LogP contribution < -0.4 is 0 Å². The Morgan fingerprint density at radius 2 is 0.696 bits per heavy atom. The highest BCUT2D eigenvalue weighted by Crippen LogP contribution is 2.15. The minimum absolute atomic E-state index is 0.0820. The minimum Gasteiger partial charge on any atom is -0.462 e. The van der Waals surface area contributed by atoms with Crippen molar-refractivity contribution in [1.29, 1.82) is 0 Å². The van der Waals surface area contributed by atoms with Crippen LogP contribution in [0.25, 0.3) is 0 Å². The van der Waals surface area contributed by atoms with Crippen molar-refractivity contribution in [3.63, 3.8) is 0 Å². The monoisotopic (exact) mass is 787 g/mol. The van der Waals surface area contributed by atoms with E-state index in [9.17, 15) is 14.4 Å². The number of hydrogen-bond donors (Lipinski definition) is 0. The Bertz CT molecular complexity index is 953. The quantitative estimate of drug-likeness (QED) is 0.0265. The lowest BCUT2D eigenvalue weighted by atomic mass is 10.0. The SMILES string of the molecule is CC/C=C\C/C=C\CCCCCCCC(=O)OCC(COC(=O)CCCCC/C=C\CCCCCCCC)OC(=O)CCCCCCCCCCCCCCC. The van der Waals surface area contributed by atoms with Gasteiger partial charge in [0.25, 0.3) is 0 Å². The van der Waals surface area contributed by atoms with E-state index in [1.165, 1.54) is 109 Å². The summed E-state index contributed by atoms with van der Waals surface area (Å²) in [6.07, 6.45) is 51.2. The van der Waals surface area contributed by atoms with Gasteiger partial charge in [0.15, 0.2) is 6.10 Å². The number of allylic oxidation sites excluding steroid dienone is 6. The van der Waals surface area contributed by atoms with E-state index in [0.29, 0.717) is 19.3 Å². The van der Waals surface area contributed by atoms with Gasteiger partial charge in [0.05, 0.1) is 0 Å². The van der Waals surface area contributed by atoms with E-state index < -0.39 is 6.10 Å². The molecule has 0 bridgehead atoms. The number of carbonyl (C=O) groups excluding carboxylic acids is 3. The third-order valence-corrected chi connectivity index (χ3v) is 10.4. The van der Waals surface area contributed by atoms with Crippen LogP contribution in [0.4, 0.5) is 0 Å². The molecule has 0 radical (unpaired) electrons. The molecule has 326 valence electrons. The van der Waals surface area contributed by atoms with Gasteiger partial charge < -0.3 is 14.2 Å². The molecule has 0 saturated carbocycles. The summed E-state index contributed by atoms with van der Waals surface area (Å²) in [6.45, 7) is 6.50. The van der Waals surface area contributed by atoms with Crippen molar-refractivity contribution >= 4 is 17.9 Å². The number of ether oxygens (including phenoxy) is 3. The lowest BCUT2D eigenvalue weighted by Gasteiger charge is -2.18. The molecule has 6 heteroatoms. The zero-order valence-corrected chi connectivity index (χ0v) is 37.2. The second kappa shape index (κ2) is 45.3. The summed E-state index contributed by atoms with van der Waals surface area (Å²) in [6, 6.07) is 0. The Hall–Kier alpha value is -2.37. The summed E-state index contributed by atoms with van der Waals surface area (Å²) in [7, 11) is 0. The summed E-state index contributed by atoms with van der Waals surface area (Å²) in [4.78, 5) is 37.8. The van der Waals surface area contributed by atoms with Crippen molar-refractivity contribution in [1.82, 2.24) is 0 Å². The van der Waals surface area contributed by atoms with Gasteiger partial charge in [0.2, 0.25) is 0 Å². The molecule has 0 aliphatic rings. The molecule has 0 heterocycles. The Kier molecular flexibility index (Phi) is 43.4. The van der Waals surface area contributed by atoms with Gasteiger partial charge in [-0.1, -0.05) is 192 Å². The topological polar surface area (TPSA) is 78.9 Å². The van der Waals surface area contributed by atoms with Crippen LogP contribution in [0.15, 0.2) is 36.5 Å². The van der Waals surface area contributed by atoms with Gasteiger partial charge in [-0.2, -0.15) is 0 Å². The first-order chi connectivity index (χ1) is 27.5. The predicted molar refractivity (Wildman–Crippen MR) is 238 cm³/mol. The van der Waals surface area contributed by atoms with E-state index in [1.807, 2.05) is 0 Å². The molecule has 0 fully saturated rings. The van der Waals surface area contributed by atoms with Crippen molar-refractivity contribution in [3.8, 4) is 0 Å². The first-order valence-corrected chi connectivity index (χ1v) is 24.0. The van der Waals surface area contributed by atoms with Crippen molar-refractivity contribution in [2.75, 3.05) is 13.2 Å². The van der Waals surface area contributed by atoms with Gasteiger partial charge in [-0.3, -0.25) is 14.4 Å². The molecule has 0 aliphatic heterocycles. The zero-order valence-electron chi connectivity index (χ0n) is 37.2. The van der Waals surface area contributed by atoms with Crippen LogP contribution in [-0.4, -0.2) is 37.2 Å². The lowest BCUT2D eigenvalue weighted by molar-refractivity contribution is -0.167. The van der Waals surface area contributed by atoms with Crippen molar-refractivity contribution in [2.24, 2.45) is 0 Å². The third kappa shape index (κ3) is 42.8. The molecule has 1 unspecified atom stereocenters. The maximum Gasteiger partial charge on any atom is 0.306 e. The van der Waals surface area contributed by atoms with Crippen LogP contribution in [0.2, 0.25) is 0 Å². The van der Waals surface area contributed by atoms with Crippen LogP contribution in [0.5, 0.6) is 0 Å². The van der Waals surface area contributed by atoms with Crippen LogP contribution in [0, 0.1) is 0 Å². The van der Waals surface area contributed by atoms with Gasteiger partial charge in [-0.15, -0.1) is 0 Å². The van der Waals surface area contributed by atoms with Gasteiger partial charge in [0.1, 0.15) is 13.2 Å². The second-order valence-electron chi connectivity index (χ2n) is 16.0. The van der Waals surface area contributed by atoms with E-state index >= 15 is 0 Å². The highest BCUT2D eigenvalue weighted by Gasteiger charge is 2.19. The maximum absolute atomic E-state index is 12.7. The molecule has 0 aromatic rings. The van der Waals surface area contributed by atoms with Gasteiger partial charge >= 0.3 is 17.9 Å².